The zero-order valence-electron chi connectivity index (χ0n) is 5.67. The Morgan fingerprint density at radius 2 is 0.727 bits per heavy atom. The van der Waals surface area contributed by atoms with Crippen LogP contribution >= 0.6 is 0 Å². The van der Waals surface area contributed by atoms with E-state index in [-0.39, 0.29) is 84.2 Å². The molecule has 0 saturated carbocycles. The molecule has 72 valence electrons. The molecule has 0 heterocycles. The van der Waals surface area contributed by atoms with Gasteiger partial charge in [0.2, 0.25) is 0 Å². The van der Waals surface area contributed by atoms with Crippen molar-refractivity contribution in [1.82, 2.24) is 0 Å². The summed E-state index contributed by atoms with van der Waals surface area (Å²) in [5, 5.41) is 14.8. The molecule has 0 radical (unpaired) electrons. The summed E-state index contributed by atoms with van der Waals surface area (Å²) in [6.45, 7) is 0. The first-order valence-electron chi connectivity index (χ1n) is 0.548. The summed E-state index contributed by atoms with van der Waals surface area (Å²) in [6.07, 6.45) is 0. The van der Waals surface area contributed by atoms with E-state index < -0.39 is 5.09 Å². The largest absolute Gasteiger partial charge is 1.00 e. The Bertz CT molecular complexity index is 32.5. The first kappa shape index (κ1) is 101. The summed E-state index contributed by atoms with van der Waals surface area (Å²) in [5.41, 5.74) is 0. The molecule has 11 heteroatoms. The van der Waals surface area contributed by atoms with Gasteiger partial charge < -0.3 is 48.2 Å². The molecule has 0 bridgehead atoms. The van der Waals surface area contributed by atoms with Crippen molar-refractivity contribution in [3.8, 4) is 0 Å². The van der Waals surface area contributed by atoms with Crippen LogP contribution in [-0.2, 0) is 0 Å². The number of nitrogens with zero attached hydrogens (tertiary/aromatic N) is 1. The smallest absolute Gasteiger partial charge is 0.412 e. The molecule has 0 aliphatic rings. The second kappa shape index (κ2) is 75.4. The summed E-state index contributed by atoms with van der Waals surface area (Å²) in [7, 11) is 0. The first-order valence-corrected chi connectivity index (χ1v) is 0.548. The minimum atomic E-state index is -1.75. The molecule has 0 aromatic carbocycles. The van der Waals surface area contributed by atoms with E-state index in [4.69, 9.17) is 15.3 Å². The van der Waals surface area contributed by atoms with Crippen LogP contribution in [0.2, 0.25) is 0 Å². The van der Waals surface area contributed by atoms with Crippen LogP contribution in [0.3, 0.4) is 0 Å². The molecule has 0 aromatic rings. The van der Waals surface area contributed by atoms with Gasteiger partial charge in [-0.3, -0.25) is 0 Å². The molecule has 0 saturated heterocycles. The minimum Gasteiger partial charge on any atom is -0.412 e. The van der Waals surface area contributed by atoms with Gasteiger partial charge in [-0.2, -0.15) is 0 Å². The van der Waals surface area contributed by atoms with Crippen molar-refractivity contribution in [2.75, 3.05) is 0 Å². The van der Waals surface area contributed by atoms with Crippen molar-refractivity contribution in [2.45, 2.75) is 0 Å². The third-order valence-corrected chi connectivity index (χ3v) is 0. The molecule has 12 N–H and O–H groups in total. The SMILES string of the molecule is O.O.O.O.O.O.O=[N+]([O-])[O-].[K+]. The van der Waals surface area contributed by atoms with E-state index in [1.807, 2.05) is 0 Å². The van der Waals surface area contributed by atoms with Gasteiger partial charge in [-0.15, -0.1) is 0 Å². The van der Waals surface area contributed by atoms with Crippen molar-refractivity contribution in [3.63, 3.8) is 0 Å². The third-order valence-electron chi connectivity index (χ3n) is 0. The van der Waals surface area contributed by atoms with Gasteiger partial charge in [0.1, 0.15) is 0 Å². The van der Waals surface area contributed by atoms with Crippen LogP contribution < -0.4 is 51.4 Å². The molecule has 0 rings (SSSR count). The maximum atomic E-state index is 8.25. The Morgan fingerprint density at radius 1 is 0.727 bits per heavy atom. The molecule has 0 spiro atoms. The van der Waals surface area contributed by atoms with Gasteiger partial charge in [-0.25, -0.2) is 0 Å². The van der Waals surface area contributed by atoms with Gasteiger partial charge in [0.15, 0.2) is 0 Å². The molecule has 0 aliphatic heterocycles. The van der Waals surface area contributed by atoms with Crippen LogP contribution in [0.5, 0.6) is 0 Å². The Morgan fingerprint density at radius 3 is 0.727 bits per heavy atom. The number of hydrogen-bond donors (Lipinski definition) is 0. The zero-order chi connectivity index (χ0) is 3.58. The maximum absolute atomic E-state index is 8.25. The Kier molecular flexibility index (Phi) is 690. The van der Waals surface area contributed by atoms with E-state index in [2.05, 4.69) is 0 Å². The number of rotatable bonds is 0. The summed E-state index contributed by atoms with van der Waals surface area (Å²) >= 11 is 0. The van der Waals surface area contributed by atoms with Crippen LogP contribution in [0.4, 0.5) is 0 Å². The van der Waals surface area contributed by atoms with E-state index in [1.54, 1.807) is 0 Å². The van der Waals surface area contributed by atoms with Crippen molar-refractivity contribution in [3.05, 3.63) is 15.3 Å². The molecule has 0 atom stereocenters. The van der Waals surface area contributed by atoms with E-state index >= 15 is 0 Å². The van der Waals surface area contributed by atoms with Crippen LogP contribution in [0.1, 0.15) is 0 Å². The van der Waals surface area contributed by atoms with Crippen LogP contribution in [0, 0.1) is 15.3 Å². The van der Waals surface area contributed by atoms with Crippen molar-refractivity contribution in [2.24, 2.45) is 0 Å². The summed E-state index contributed by atoms with van der Waals surface area (Å²) < 4.78 is 0. The Labute approximate surface area is 104 Å². The van der Waals surface area contributed by atoms with Gasteiger partial charge in [0.05, 0.1) is 5.09 Å². The summed E-state index contributed by atoms with van der Waals surface area (Å²) in [4.78, 5) is 8.25. The third kappa shape index (κ3) is 2200. The monoisotopic (exact) mass is 209 g/mol. The average molecular weight is 209 g/mol. The second-order valence-electron chi connectivity index (χ2n) is 0.224. The van der Waals surface area contributed by atoms with Crippen LogP contribution in [0.25, 0.3) is 0 Å². The fourth-order valence-electron chi connectivity index (χ4n) is 0. The van der Waals surface area contributed by atoms with Gasteiger partial charge in [-0.1, -0.05) is 0 Å². The van der Waals surface area contributed by atoms with Gasteiger partial charge >= 0.3 is 51.4 Å². The van der Waals surface area contributed by atoms with Crippen LogP contribution in [-0.4, -0.2) is 37.9 Å². The molecular weight excluding hydrogens is 197 g/mol. The molecule has 10 nitrogen and oxygen atoms in total. The van der Waals surface area contributed by atoms with Gasteiger partial charge in [-0.05, 0) is 0 Å². The van der Waals surface area contributed by atoms with Crippen molar-refractivity contribution >= 4 is 0 Å². The molecule has 0 aliphatic carbocycles. The second-order valence-corrected chi connectivity index (χ2v) is 0.224. The molecule has 0 aromatic heterocycles. The van der Waals surface area contributed by atoms with Gasteiger partial charge in [0, 0.05) is 0 Å². The van der Waals surface area contributed by atoms with E-state index in [9.17, 15) is 0 Å². The standard InChI is InChI=1S/K.NO3.6H2O/c;2-1(3)4;;;;;;/h;;6*1H2/q+1;-1;;;;;;. The normalized spacial score (nSPS) is 2.18. The van der Waals surface area contributed by atoms with Crippen molar-refractivity contribution in [1.29, 1.82) is 0 Å². The van der Waals surface area contributed by atoms with Crippen LogP contribution in [0.15, 0.2) is 0 Å². The van der Waals surface area contributed by atoms with Gasteiger partial charge in [0.25, 0.3) is 0 Å². The van der Waals surface area contributed by atoms with E-state index in [0.29, 0.717) is 0 Å². The predicted molar refractivity (Wildman–Crippen MR) is 32.0 cm³/mol. The first-order chi connectivity index (χ1) is 1.73. The summed E-state index contributed by atoms with van der Waals surface area (Å²) in [6, 6.07) is 0. The Hall–Kier alpha value is 0.596. The van der Waals surface area contributed by atoms with E-state index in [0.717, 1.165) is 0 Å². The maximum Gasteiger partial charge on any atom is 1.00 e. The fraction of sp³-hybridized carbons (Fsp3) is 0. The van der Waals surface area contributed by atoms with E-state index in [1.165, 1.54) is 0 Å². The molecule has 0 amide bonds. The molecule has 0 fully saturated rings. The molecular formula is H12KNO9. The topological polar surface area (TPSA) is 255 Å². The summed E-state index contributed by atoms with van der Waals surface area (Å²) in [5.74, 6) is 0. The predicted octanol–water partition coefficient (Wildman–Crippen LogP) is -8.18. The van der Waals surface area contributed by atoms with Crippen molar-refractivity contribution < 1.29 is 89.3 Å². The quantitative estimate of drug-likeness (QED) is 0.214. The average Bonchev–Trinajstić information content (AvgIpc) is 0.811. The molecule has 0 unspecified atom stereocenters. The molecule has 11 heavy (non-hydrogen) atoms. The number of hydrogen-bond acceptors (Lipinski definition) is 3. The minimum absolute atomic E-state index is 0. The fourth-order valence-corrected chi connectivity index (χ4v) is 0. The zero-order valence-corrected chi connectivity index (χ0v) is 8.80. The Balaban J connectivity index is -0.00000000214.